The summed E-state index contributed by atoms with van der Waals surface area (Å²) in [5.41, 5.74) is -1.07. The molecule has 38 heavy (non-hydrogen) atoms. The largest absolute Gasteiger partial charge is 0.475 e. The lowest BCUT2D eigenvalue weighted by Crippen LogP contribution is -2.46. The van der Waals surface area contributed by atoms with E-state index in [1.807, 2.05) is 6.92 Å². The van der Waals surface area contributed by atoms with E-state index >= 15 is 0 Å². The summed E-state index contributed by atoms with van der Waals surface area (Å²) in [7, 11) is 1.41. The Hall–Kier alpha value is -3.47. The Bertz CT molecular complexity index is 1270. The van der Waals surface area contributed by atoms with E-state index in [4.69, 9.17) is 21.1 Å². The van der Waals surface area contributed by atoms with Crippen molar-refractivity contribution in [3.63, 3.8) is 0 Å². The van der Waals surface area contributed by atoms with Gasteiger partial charge < -0.3 is 14.8 Å². The van der Waals surface area contributed by atoms with Crippen LogP contribution in [0.5, 0.6) is 11.9 Å². The number of amides is 1. The van der Waals surface area contributed by atoms with Crippen LogP contribution in [0.1, 0.15) is 46.1 Å². The fourth-order valence-corrected chi connectivity index (χ4v) is 3.54. The molecule has 1 amide bonds. The molecule has 2 aromatic heterocycles. The molecule has 0 fully saturated rings. The summed E-state index contributed by atoms with van der Waals surface area (Å²) in [6.07, 6.45) is -1.19. The molecule has 12 heteroatoms. The number of aromatic nitrogens is 4. The molecular weight excluding hydrogens is 523 g/mol. The number of carbonyl (C=O) groups is 1. The second-order valence-corrected chi connectivity index (χ2v) is 9.60. The first-order valence-corrected chi connectivity index (χ1v) is 12.3. The van der Waals surface area contributed by atoms with Gasteiger partial charge in [-0.05, 0) is 51.0 Å². The molecule has 3 rings (SSSR count). The van der Waals surface area contributed by atoms with Crippen LogP contribution in [-0.2, 0) is 11.3 Å². The van der Waals surface area contributed by atoms with E-state index in [0.29, 0.717) is 27.6 Å². The third-order valence-corrected chi connectivity index (χ3v) is 6.14. The Morgan fingerprint density at radius 3 is 2.42 bits per heavy atom. The van der Waals surface area contributed by atoms with E-state index in [9.17, 15) is 18.0 Å². The number of hydrogen-bond donors (Lipinski definition) is 1. The molecular formula is C26H29ClF3N5O3. The van der Waals surface area contributed by atoms with Crippen molar-refractivity contribution >= 4 is 17.5 Å². The third-order valence-electron chi connectivity index (χ3n) is 5.81. The summed E-state index contributed by atoms with van der Waals surface area (Å²) in [4.78, 5) is 29.6. The van der Waals surface area contributed by atoms with E-state index in [0.717, 1.165) is 26.7 Å². The second-order valence-electron chi connectivity index (χ2n) is 9.19. The van der Waals surface area contributed by atoms with Gasteiger partial charge in [0.2, 0.25) is 11.8 Å². The van der Waals surface area contributed by atoms with Crippen molar-refractivity contribution in [3.05, 3.63) is 47.1 Å². The average molecular weight is 552 g/mol. The molecule has 0 radical (unpaired) electrons. The molecule has 0 aliphatic carbocycles. The third kappa shape index (κ3) is 6.89. The minimum atomic E-state index is -4.69. The number of halogens is 4. The zero-order valence-corrected chi connectivity index (χ0v) is 22.4. The summed E-state index contributed by atoms with van der Waals surface area (Å²) in [5, 5.41) is 2.62. The Labute approximate surface area is 224 Å². The molecule has 0 saturated heterocycles. The average Bonchev–Trinajstić information content (AvgIpc) is 2.87. The number of rotatable bonds is 10. The SMILES string of the molecule is CCC[C@@H](C)Oc1ccc(-c2nc(OC)nc(-c3cc(CNC(=O)C(C)(C)C(F)(F)F)ccc3Cl)n2)cn1. The van der Waals surface area contributed by atoms with Gasteiger partial charge in [0.25, 0.3) is 0 Å². The fourth-order valence-electron chi connectivity index (χ4n) is 3.34. The van der Waals surface area contributed by atoms with E-state index in [1.165, 1.54) is 7.11 Å². The van der Waals surface area contributed by atoms with Crippen molar-refractivity contribution in [2.75, 3.05) is 7.11 Å². The van der Waals surface area contributed by atoms with Gasteiger partial charge in [-0.2, -0.15) is 23.1 Å². The van der Waals surface area contributed by atoms with Crippen molar-refractivity contribution in [2.45, 2.75) is 59.4 Å². The first kappa shape index (κ1) is 29.1. The number of nitrogens with one attached hydrogen (secondary N) is 1. The van der Waals surface area contributed by atoms with Crippen molar-refractivity contribution in [3.8, 4) is 34.7 Å². The summed E-state index contributed by atoms with van der Waals surface area (Å²) < 4.78 is 50.6. The maximum absolute atomic E-state index is 13.2. The molecule has 3 aromatic rings. The summed E-state index contributed by atoms with van der Waals surface area (Å²) in [6.45, 7) is 5.55. The van der Waals surface area contributed by atoms with E-state index in [2.05, 4.69) is 32.2 Å². The number of hydrogen-bond acceptors (Lipinski definition) is 7. The number of ether oxygens (including phenoxy) is 2. The molecule has 8 nitrogen and oxygen atoms in total. The fraction of sp³-hybridized carbons (Fsp3) is 0.423. The van der Waals surface area contributed by atoms with Crippen LogP contribution in [-0.4, -0.2) is 45.2 Å². The van der Waals surface area contributed by atoms with Crippen LogP contribution < -0.4 is 14.8 Å². The molecule has 0 aliphatic heterocycles. The van der Waals surface area contributed by atoms with Crippen LogP contribution in [0.25, 0.3) is 22.8 Å². The zero-order chi connectivity index (χ0) is 28.1. The molecule has 2 heterocycles. The number of carbonyl (C=O) groups excluding carboxylic acids is 1. The summed E-state index contributed by atoms with van der Waals surface area (Å²) in [6, 6.07) is 8.24. The molecule has 0 aliphatic rings. The van der Waals surface area contributed by atoms with E-state index in [1.54, 1.807) is 36.5 Å². The molecule has 0 bridgehead atoms. The monoisotopic (exact) mass is 551 g/mol. The lowest BCUT2D eigenvalue weighted by atomic mass is 9.91. The molecule has 204 valence electrons. The summed E-state index contributed by atoms with van der Waals surface area (Å²) >= 11 is 6.41. The Kier molecular flexibility index (Phi) is 9.14. The van der Waals surface area contributed by atoms with Gasteiger partial charge in [0, 0.05) is 29.9 Å². The van der Waals surface area contributed by atoms with Gasteiger partial charge in [-0.3, -0.25) is 4.79 Å². The van der Waals surface area contributed by atoms with Gasteiger partial charge in [0.05, 0.1) is 18.2 Å². The van der Waals surface area contributed by atoms with Crippen molar-refractivity contribution in [1.29, 1.82) is 0 Å². The normalized spacial score (nSPS) is 12.7. The molecule has 1 atom stereocenters. The molecule has 0 spiro atoms. The van der Waals surface area contributed by atoms with Crippen LogP contribution in [0, 0.1) is 5.41 Å². The molecule has 0 unspecified atom stereocenters. The highest BCUT2D eigenvalue weighted by molar-refractivity contribution is 6.33. The number of benzene rings is 1. The van der Waals surface area contributed by atoms with Gasteiger partial charge in [-0.25, -0.2) is 9.97 Å². The molecule has 1 N–H and O–H groups in total. The number of alkyl halides is 3. The Balaban J connectivity index is 1.87. The maximum atomic E-state index is 13.2. The predicted octanol–water partition coefficient (Wildman–Crippen LogP) is 6.03. The number of methoxy groups -OCH3 is 1. The van der Waals surface area contributed by atoms with Gasteiger partial charge >= 0.3 is 12.2 Å². The lowest BCUT2D eigenvalue weighted by molar-refractivity contribution is -0.211. The van der Waals surface area contributed by atoms with Crippen molar-refractivity contribution in [2.24, 2.45) is 5.41 Å². The first-order valence-electron chi connectivity index (χ1n) is 11.9. The predicted molar refractivity (Wildman–Crippen MR) is 137 cm³/mol. The van der Waals surface area contributed by atoms with Crippen molar-refractivity contribution < 1.29 is 27.4 Å². The van der Waals surface area contributed by atoms with Gasteiger partial charge in [0.1, 0.15) is 5.41 Å². The van der Waals surface area contributed by atoms with Gasteiger partial charge in [-0.15, -0.1) is 0 Å². The van der Waals surface area contributed by atoms with Gasteiger partial charge in [0.15, 0.2) is 11.6 Å². The van der Waals surface area contributed by atoms with Crippen LogP contribution in [0.3, 0.4) is 0 Å². The Morgan fingerprint density at radius 1 is 1.11 bits per heavy atom. The van der Waals surface area contributed by atoms with Gasteiger partial charge in [-0.1, -0.05) is 31.0 Å². The second kappa shape index (κ2) is 11.9. The quantitative estimate of drug-likeness (QED) is 0.328. The number of pyridine rings is 1. The van der Waals surface area contributed by atoms with E-state index in [-0.39, 0.29) is 30.3 Å². The zero-order valence-electron chi connectivity index (χ0n) is 21.7. The van der Waals surface area contributed by atoms with E-state index < -0.39 is 17.5 Å². The minimum Gasteiger partial charge on any atom is -0.475 e. The molecule has 0 saturated carbocycles. The van der Waals surface area contributed by atoms with Crippen LogP contribution in [0.4, 0.5) is 13.2 Å². The van der Waals surface area contributed by atoms with Crippen molar-refractivity contribution in [1.82, 2.24) is 25.3 Å². The molecule has 1 aromatic carbocycles. The van der Waals surface area contributed by atoms with Crippen LogP contribution in [0.15, 0.2) is 36.5 Å². The Morgan fingerprint density at radius 2 is 1.82 bits per heavy atom. The highest BCUT2D eigenvalue weighted by Gasteiger charge is 2.52. The smallest absolute Gasteiger partial charge is 0.402 e. The first-order chi connectivity index (χ1) is 17.8. The lowest BCUT2D eigenvalue weighted by Gasteiger charge is -2.26. The van der Waals surface area contributed by atoms with Crippen LogP contribution in [0.2, 0.25) is 5.02 Å². The highest BCUT2D eigenvalue weighted by Crippen LogP contribution is 2.37. The standard InChI is InChI=1S/C26H29ClF3N5O3/c1-6-7-15(2)38-20-11-9-17(14-31-20)21-33-22(35-24(34-21)37-5)18-12-16(8-10-19(18)27)13-32-23(36)25(3,4)26(28,29)30/h8-12,14-15H,6-7,13H2,1-5H3,(H,32,36)/t15-/m1/s1. The highest BCUT2D eigenvalue weighted by atomic mass is 35.5. The maximum Gasteiger partial charge on any atom is 0.402 e. The minimum absolute atomic E-state index is 0.0287. The van der Waals surface area contributed by atoms with Crippen LogP contribution >= 0.6 is 11.6 Å². The topological polar surface area (TPSA) is 99.1 Å². The summed E-state index contributed by atoms with van der Waals surface area (Å²) in [5.74, 6) is -0.219. The number of nitrogens with zero attached hydrogens (tertiary/aromatic N) is 4.